The maximum Gasteiger partial charge on any atom is 0.490 e. The Morgan fingerprint density at radius 1 is 1.17 bits per heavy atom. The first-order valence-electron chi connectivity index (χ1n) is 6.39. The van der Waals surface area contributed by atoms with E-state index in [9.17, 15) is 23.5 Å². The highest BCUT2D eigenvalue weighted by atomic mass is 32.1. The van der Waals surface area contributed by atoms with Gasteiger partial charge in [0, 0.05) is 13.1 Å². The van der Waals surface area contributed by atoms with Crippen LogP contribution in [0.15, 0.2) is 0 Å². The number of phosphoric acid groups is 3. The van der Waals surface area contributed by atoms with E-state index in [1.165, 1.54) is 0 Å². The molecule has 0 saturated carbocycles. The van der Waals surface area contributed by atoms with E-state index in [2.05, 4.69) is 30.3 Å². The van der Waals surface area contributed by atoms with Crippen LogP contribution in [0.2, 0.25) is 0 Å². The average molecular weight is 430 g/mol. The van der Waals surface area contributed by atoms with Crippen LogP contribution in [0.4, 0.5) is 0 Å². The fourth-order valence-electron chi connectivity index (χ4n) is 1.84. The molecule has 0 spiro atoms. The molecule has 0 bridgehead atoms. The van der Waals surface area contributed by atoms with Gasteiger partial charge in [-0.15, -0.1) is 0 Å². The van der Waals surface area contributed by atoms with Crippen molar-refractivity contribution in [2.75, 3.05) is 19.7 Å². The minimum absolute atomic E-state index is 0.0903. The molecule has 0 aromatic rings. The van der Waals surface area contributed by atoms with Gasteiger partial charge in [-0.25, -0.2) is 13.7 Å². The van der Waals surface area contributed by atoms with Gasteiger partial charge < -0.3 is 24.2 Å². The summed E-state index contributed by atoms with van der Waals surface area (Å²) in [6.45, 7) is -0.502. The predicted molar refractivity (Wildman–Crippen MR) is 85.2 cm³/mol. The van der Waals surface area contributed by atoms with Crippen molar-refractivity contribution in [3.05, 3.63) is 0 Å². The summed E-state index contributed by atoms with van der Waals surface area (Å²) in [6.07, 6.45) is -0.701. The quantitative estimate of drug-likeness (QED) is 0.159. The standard InChI is InChI=1S/C7H18BO12P3S/c1-15-21(9,10)19-23(13,14)20-22(11,12)17-3-6-5(16-4-24)2-7(8)18-6/h5-7,24H,2-4,8H2,1H3,(H,9,10)(H,11,12)(H,13,14)/t5-,6?,7-/m1/s1. The Hall–Kier alpha value is 0.745. The van der Waals surface area contributed by atoms with Crippen LogP contribution < -0.4 is 0 Å². The average Bonchev–Trinajstić information content (AvgIpc) is 2.75. The Balaban J connectivity index is 2.61. The van der Waals surface area contributed by atoms with Gasteiger partial charge in [0.25, 0.3) is 0 Å². The Morgan fingerprint density at radius 2 is 1.75 bits per heavy atom. The molecule has 1 rings (SSSR count). The van der Waals surface area contributed by atoms with Gasteiger partial charge in [0.1, 0.15) is 14.0 Å². The zero-order valence-electron chi connectivity index (χ0n) is 12.7. The van der Waals surface area contributed by atoms with Crippen LogP contribution in [-0.4, -0.2) is 60.4 Å². The fourth-order valence-corrected chi connectivity index (χ4v) is 5.29. The van der Waals surface area contributed by atoms with Crippen molar-refractivity contribution in [3.63, 3.8) is 0 Å². The van der Waals surface area contributed by atoms with Crippen LogP contribution in [-0.2, 0) is 40.8 Å². The lowest BCUT2D eigenvalue weighted by molar-refractivity contribution is -0.0236. The number of rotatable bonds is 10. The zero-order valence-corrected chi connectivity index (χ0v) is 16.2. The Labute approximate surface area is 144 Å². The first-order valence-corrected chi connectivity index (χ1v) is 11.5. The Kier molecular flexibility index (Phi) is 8.64. The highest BCUT2D eigenvalue weighted by molar-refractivity contribution is 7.80. The van der Waals surface area contributed by atoms with Crippen molar-refractivity contribution in [1.82, 2.24) is 0 Å². The van der Waals surface area contributed by atoms with Gasteiger partial charge in [-0.3, -0.25) is 9.05 Å². The van der Waals surface area contributed by atoms with Crippen LogP contribution >= 0.6 is 36.1 Å². The van der Waals surface area contributed by atoms with Gasteiger partial charge in [0.15, 0.2) is 0 Å². The van der Waals surface area contributed by atoms with Crippen molar-refractivity contribution < 1.29 is 55.5 Å². The molecule has 142 valence electrons. The van der Waals surface area contributed by atoms with Crippen molar-refractivity contribution >= 4 is 43.9 Å². The molecule has 3 N–H and O–H groups in total. The summed E-state index contributed by atoms with van der Waals surface area (Å²) in [7, 11) is -13.0. The van der Waals surface area contributed by atoms with Crippen LogP contribution in [0, 0.1) is 0 Å². The molecule has 1 heterocycles. The lowest BCUT2D eigenvalue weighted by Crippen LogP contribution is -2.28. The van der Waals surface area contributed by atoms with Gasteiger partial charge in [0.2, 0.25) is 0 Å². The Bertz CT molecular complexity index is 561. The summed E-state index contributed by atoms with van der Waals surface area (Å²) in [5.41, 5.74) is 0. The summed E-state index contributed by atoms with van der Waals surface area (Å²) in [5, 5.41) is 0. The van der Waals surface area contributed by atoms with Gasteiger partial charge in [-0.1, -0.05) is 0 Å². The van der Waals surface area contributed by atoms with E-state index >= 15 is 0 Å². The first kappa shape index (κ1) is 22.8. The third-order valence-electron chi connectivity index (χ3n) is 2.72. The van der Waals surface area contributed by atoms with E-state index in [4.69, 9.17) is 14.4 Å². The second kappa shape index (κ2) is 9.10. The number of hydrogen-bond acceptors (Lipinski definition) is 10. The van der Waals surface area contributed by atoms with Gasteiger partial charge in [-0.05, 0) is 6.42 Å². The number of ether oxygens (including phenoxy) is 2. The second-order valence-corrected chi connectivity index (χ2v) is 9.60. The maximum atomic E-state index is 11.7. The molecular formula is C7H18BO12P3S. The monoisotopic (exact) mass is 430 g/mol. The maximum absolute atomic E-state index is 11.7. The molecule has 24 heavy (non-hydrogen) atoms. The normalized spacial score (nSPS) is 32.0. The molecule has 6 atom stereocenters. The minimum Gasteiger partial charge on any atom is -0.379 e. The first-order chi connectivity index (χ1) is 10.9. The molecule has 1 aliphatic heterocycles. The predicted octanol–water partition coefficient (Wildman–Crippen LogP) is 0.00440. The van der Waals surface area contributed by atoms with Crippen molar-refractivity contribution in [1.29, 1.82) is 0 Å². The summed E-state index contributed by atoms with van der Waals surface area (Å²) >= 11 is 3.90. The lowest BCUT2D eigenvalue weighted by atomic mass is 9.96. The topological polar surface area (TPSA) is 167 Å². The van der Waals surface area contributed by atoms with Gasteiger partial charge >= 0.3 is 23.5 Å². The second-order valence-electron chi connectivity index (χ2n) is 4.60. The van der Waals surface area contributed by atoms with E-state index in [1.54, 1.807) is 7.85 Å². The zero-order chi connectivity index (χ0) is 18.6. The SMILES string of the molecule is B[C@H]1C[C@@H](OCS)C(COP(=O)(O)OP(=O)(O)OP(=O)(O)OC)O1. The molecule has 4 unspecified atom stereocenters. The summed E-state index contributed by atoms with van der Waals surface area (Å²) in [4.78, 5) is 27.6. The van der Waals surface area contributed by atoms with E-state index in [1.807, 2.05) is 0 Å². The lowest BCUT2D eigenvalue weighted by Gasteiger charge is -2.21. The summed E-state index contributed by atoms with van der Waals surface area (Å²) in [5.74, 6) is 0.0903. The van der Waals surface area contributed by atoms with Gasteiger partial charge in [-0.2, -0.15) is 21.3 Å². The van der Waals surface area contributed by atoms with Crippen molar-refractivity contribution in [3.8, 4) is 0 Å². The number of hydrogen-bond donors (Lipinski definition) is 4. The molecule has 0 amide bonds. The van der Waals surface area contributed by atoms with Crippen LogP contribution in [0.5, 0.6) is 0 Å². The molecule has 0 aromatic carbocycles. The van der Waals surface area contributed by atoms with Crippen LogP contribution in [0.3, 0.4) is 0 Å². The van der Waals surface area contributed by atoms with Crippen LogP contribution in [0.25, 0.3) is 0 Å². The molecule has 1 fully saturated rings. The molecule has 0 aliphatic carbocycles. The summed E-state index contributed by atoms with van der Waals surface area (Å²) in [6, 6.07) is -0.197. The minimum atomic E-state index is -5.41. The molecule has 17 heteroatoms. The largest absolute Gasteiger partial charge is 0.490 e. The van der Waals surface area contributed by atoms with E-state index in [0.717, 1.165) is 7.11 Å². The van der Waals surface area contributed by atoms with E-state index in [-0.39, 0.29) is 11.9 Å². The highest BCUT2D eigenvalue weighted by Gasteiger charge is 2.43. The molecule has 1 aliphatic rings. The smallest absolute Gasteiger partial charge is 0.379 e. The summed E-state index contributed by atoms with van der Waals surface area (Å²) < 4.78 is 61.0. The third kappa shape index (κ3) is 7.97. The molecule has 1 saturated heterocycles. The molecule has 0 radical (unpaired) electrons. The van der Waals surface area contributed by atoms with E-state index < -0.39 is 42.3 Å². The van der Waals surface area contributed by atoms with Crippen molar-refractivity contribution in [2.45, 2.75) is 24.6 Å². The molecule has 0 aromatic heterocycles. The third-order valence-corrected chi connectivity index (χ3v) is 7.11. The molecule has 12 nitrogen and oxygen atoms in total. The van der Waals surface area contributed by atoms with E-state index in [0.29, 0.717) is 6.42 Å². The van der Waals surface area contributed by atoms with Gasteiger partial charge in [0.05, 0.1) is 18.6 Å². The molecular weight excluding hydrogens is 412 g/mol. The van der Waals surface area contributed by atoms with Crippen molar-refractivity contribution in [2.24, 2.45) is 0 Å². The number of thiol groups is 1. The number of phosphoric ester groups is 2. The highest BCUT2D eigenvalue weighted by Crippen LogP contribution is 2.67. The Morgan fingerprint density at radius 3 is 2.29 bits per heavy atom. The van der Waals surface area contributed by atoms with Crippen LogP contribution in [0.1, 0.15) is 6.42 Å². The fraction of sp³-hybridized carbons (Fsp3) is 1.00.